The van der Waals surface area contributed by atoms with Gasteiger partial charge in [-0.15, -0.1) is 11.8 Å². The summed E-state index contributed by atoms with van der Waals surface area (Å²) in [7, 11) is 0. The predicted molar refractivity (Wildman–Crippen MR) is 77.1 cm³/mol. The minimum Gasteiger partial charge on any atom is -0.398 e. The van der Waals surface area contributed by atoms with E-state index in [9.17, 15) is 0 Å². The number of benzene rings is 2. The Morgan fingerprint density at radius 2 is 1.65 bits per heavy atom. The van der Waals surface area contributed by atoms with Gasteiger partial charge >= 0.3 is 0 Å². The molecule has 0 saturated heterocycles. The first-order valence-electron chi connectivity index (χ1n) is 5.55. The first kappa shape index (κ1) is 11.8. The van der Waals surface area contributed by atoms with Crippen LogP contribution in [0.5, 0.6) is 0 Å². The highest BCUT2D eigenvalue weighted by atomic mass is 32.2. The zero-order valence-electron chi connectivity index (χ0n) is 9.54. The van der Waals surface area contributed by atoms with Crippen molar-refractivity contribution in [3.63, 3.8) is 0 Å². The second kappa shape index (κ2) is 6.16. The highest BCUT2D eigenvalue weighted by Crippen LogP contribution is 2.24. The van der Waals surface area contributed by atoms with E-state index >= 15 is 0 Å². The zero-order chi connectivity index (χ0) is 11.9. The van der Waals surface area contributed by atoms with Gasteiger partial charge in [0.05, 0.1) is 0 Å². The average Bonchev–Trinajstić information content (AvgIpc) is 2.38. The monoisotopic (exact) mass is 241 g/mol. The van der Waals surface area contributed by atoms with Crippen LogP contribution in [0.4, 0.5) is 5.69 Å². The molecule has 17 heavy (non-hydrogen) atoms. The molecule has 0 fully saturated rings. The standard InChI is InChI=1S/C15H15NS/c16-14-10-4-5-11-15(14)17-12-6-9-13-7-2-1-3-8-13/h1-11H,12,16H2. The summed E-state index contributed by atoms with van der Waals surface area (Å²) in [5.41, 5.74) is 7.95. The molecule has 0 heterocycles. The molecule has 0 aromatic heterocycles. The Hall–Kier alpha value is -1.67. The van der Waals surface area contributed by atoms with Gasteiger partial charge in [0.25, 0.3) is 0 Å². The van der Waals surface area contributed by atoms with Gasteiger partial charge in [-0.05, 0) is 17.7 Å². The van der Waals surface area contributed by atoms with Crippen LogP contribution in [0.2, 0.25) is 0 Å². The molecule has 0 bridgehead atoms. The van der Waals surface area contributed by atoms with Gasteiger partial charge in [0, 0.05) is 16.3 Å². The van der Waals surface area contributed by atoms with Crippen LogP contribution in [-0.2, 0) is 0 Å². The molecule has 1 nitrogen and oxygen atoms in total. The van der Waals surface area contributed by atoms with Crippen LogP contribution in [-0.4, -0.2) is 5.75 Å². The SMILES string of the molecule is Nc1ccccc1SCC=Cc1ccccc1. The molecular weight excluding hydrogens is 226 g/mol. The minimum absolute atomic E-state index is 0.852. The van der Waals surface area contributed by atoms with Crippen LogP contribution in [0.3, 0.4) is 0 Å². The van der Waals surface area contributed by atoms with Gasteiger partial charge < -0.3 is 5.73 Å². The lowest BCUT2D eigenvalue weighted by molar-refractivity contribution is 1.46. The fourth-order valence-corrected chi connectivity index (χ4v) is 2.28. The first-order valence-corrected chi connectivity index (χ1v) is 6.54. The van der Waals surface area contributed by atoms with Gasteiger partial charge in [-0.3, -0.25) is 0 Å². The Morgan fingerprint density at radius 3 is 2.41 bits per heavy atom. The quantitative estimate of drug-likeness (QED) is 0.645. The summed E-state index contributed by atoms with van der Waals surface area (Å²) in [5.74, 6) is 0.934. The molecule has 2 aromatic carbocycles. The van der Waals surface area contributed by atoms with Crippen LogP contribution in [0.15, 0.2) is 65.6 Å². The number of nitrogen functional groups attached to an aromatic ring is 1. The van der Waals surface area contributed by atoms with Crippen LogP contribution in [0, 0.1) is 0 Å². The predicted octanol–water partition coefficient (Wildman–Crippen LogP) is 4.07. The number of nitrogens with two attached hydrogens (primary N) is 1. The van der Waals surface area contributed by atoms with E-state index < -0.39 is 0 Å². The van der Waals surface area contributed by atoms with Crippen molar-refractivity contribution < 1.29 is 0 Å². The third-order valence-electron chi connectivity index (χ3n) is 2.36. The van der Waals surface area contributed by atoms with Crippen molar-refractivity contribution in [2.24, 2.45) is 0 Å². The molecule has 2 aromatic rings. The fraction of sp³-hybridized carbons (Fsp3) is 0.0667. The summed E-state index contributed by atoms with van der Waals surface area (Å²) in [4.78, 5) is 1.14. The van der Waals surface area contributed by atoms with Crippen molar-refractivity contribution in [1.82, 2.24) is 0 Å². The lowest BCUT2D eigenvalue weighted by Gasteiger charge is -2.01. The molecule has 0 amide bonds. The maximum absolute atomic E-state index is 5.87. The van der Waals surface area contributed by atoms with E-state index in [1.807, 2.05) is 36.4 Å². The lowest BCUT2D eigenvalue weighted by atomic mass is 10.2. The maximum atomic E-state index is 5.87. The highest BCUT2D eigenvalue weighted by Gasteiger charge is 1.95. The Morgan fingerprint density at radius 1 is 0.941 bits per heavy atom. The van der Waals surface area contributed by atoms with Gasteiger partial charge in [0.15, 0.2) is 0 Å². The normalized spacial score (nSPS) is 10.8. The molecule has 0 unspecified atom stereocenters. The number of anilines is 1. The minimum atomic E-state index is 0.852. The zero-order valence-corrected chi connectivity index (χ0v) is 10.4. The van der Waals surface area contributed by atoms with Crippen LogP contribution in [0.25, 0.3) is 6.08 Å². The number of para-hydroxylation sites is 1. The molecule has 2 rings (SSSR count). The van der Waals surface area contributed by atoms with Gasteiger partial charge in [-0.2, -0.15) is 0 Å². The second-order valence-electron chi connectivity index (χ2n) is 3.66. The molecule has 0 atom stereocenters. The molecule has 0 radical (unpaired) electrons. The van der Waals surface area contributed by atoms with E-state index in [4.69, 9.17) is 5.73 Å². The molecule has 0 aliphatic rings. The molecule has 0 aliphatic heterocycles. The Labute approximate surface area is 106 Å². The fourth-order valence-electron chi connectivity index (χ4n) is 1.50. The molecule has 0 aliphatic carbocycles. The van der Waals surface area contributed by atoms with Crippen molar-refractivity contribution in [3.05, 3.63) is 66.2 Å². The van der Waals surface area contributed by atoms with E-state index in [0.717, 1.165) is 16.3 Å². The average molecular weight is 241 g/mol. The summed E-state index contributed by atoms with van der Waals surface area (Å²) in [6, 6.07) is 18.3. The van der Waals surface area contributed by atoms with E-state index in [1.54, 1.807) is 11.8 Å². The highest BCUT2D eigenvalue weighted by molar-refractivity contribution is 7.99. The van der Waals surface area contributed by atoms with Crippen molar-refractivity contribution in [2.75, 3.05) is 11.5 Å². The molecule has 0 spiro atoms. The Kier molecular flexibility index (Phi) is 4.28. The Balaban J connectivity index is 1.88. The second-order valence-corrected chi connectivity index (χ2v) is 4.72. The summed E-state index contributed by atoms with van der Waals surface area (Å²) >= 11 is 1.75. The van der Waals surface area contributed by atoms with E-state index in [0.29, 0.717) is 0 Å². The topological polar surface area (TPSA) is 26.0 Å². The van der Waals surface area contributed by atoms with E-state index in [1.165, 1.54) is 5.56 Å². The van der Waals surface area contributed by atoms with Crippen molar-refractivity contribution >= 4 is 23.5 Å². The number of hydrogen-bond acceptors (Lipinski definition) is 2. The summed E-state index contributed by atoms with van der Waals surface area (Å²) in [6.07, 6.45) is 4.29. The van der Waals surface area contributed by atoms with Gasteiger partial charge in [-0.1, -0.05) is 54.6 Å². The van der Waals surface area contributed by atoms with E-state index in [-0.39, 0.29) is 0 Å². The van der Waals surface area contributed by atoms with Gasteiger partial charge in [0.2, 0.25) is 0 Å². The molecular formula is C15H15NS. The third kappa shape index (κ3) is 3.68. The van der Waals surface area contributed by atoms with Crippen molar-refractivity contribution in [1.29, 1.82) is 0 Å². The largest absolute Gasteiger partial charge is 0.398 e. The number of hydrogen-bond donors (Lipinski definition) is 1. The molecule has 2 heteroatoms. The van der Waals surface area contributed by atoms with Crippen LogP contribution >= 0.6 is 11.8 Å². The van der Waals surface area contributed by atoms with Crippen molar-refractivity contribution in [2.45, 2.75) is 4.90 Å². The number of thioether (sulfide) groups is 1. The number of rotatable bonds is 4. The summed E-state index contributed by atoms with van der Waals surface area (Å²) in [5, 5.41) is 0. The molecule has 86 valence electrons. The van der Waals surface area contributed by atoms with E-state index in [2.05, 4.69) is 30.4 Å². The summed E-state index contributed by atoms with van der Waals surface area (Å²) in [6.45, 7) is 0. The molecule has 2 N–H and O–H groups in total. The Bertz CT molecular complexity index is 491. The molecule has 0 saturated carbocycles. The van der Waals surface area contributed by atoms with Gasteiger partial charge in [-0.25, -0.2) is 0 Å². The smallest absolute Gasteiger partial charge is 0.0452 e. The third-order valence-corrected chi connectivity index (χ3v) is 3.41. The lowest BCUT2D eigenvalue weighted by Crippen LogP contribution is -1.87. The van der Waals surface area contributed by atoms with Gasteiger partial charge in [0.1, 0.15) is 0 Å². The first-order chi connectivity index (χ1) is 8.36. The van der Waals surface area contributed by atoms with Crippen LogP contribution in [0.1, 0.15) is 5.56 Å². The maximum Gasteiger partial charge on any atom is 0.0452 e. The summed E-state index contributed by atoms with van der Waals surface area (Å²) < 4.78 is 0. The van der Waals surface area contributed by atoms with Crippen molar-refractivity contribution in [3.8, 4) is 0 Å². The van der Waals surface area contributed by atoms with Crippen LogP contribution < -0.4 is 5.73 Å².